The molecule has 0 aromatic carbocycles. The zero-order chi connectivity index (χ0) is 7.90. The number of fused-ring (bicyclic) bond motifs is 1. The summed E-state index contributed by atoms with van der Waals surface area (Å²) in [5.41, 5.74) is -0.00255. The van der Waals surface area contributed by atoms with Crippen LogP contribution in [0, 0.1) is 28.6 Å². The number of rotatable bonds is 0. The lowest BCUT2D eigenvalue weighted by atomic mass is 9.89. The number of nitriles is 1. The van der Waals surface area contributed by atoms with Gasteiger partial charge in [-0.15, -0.1) is 0 Å². The molecule has 1 aliphatic heterocycles. The minimum Gasteiger partial charge on any atom is -0.316 e. The Hall–Kier alpha value is -0.550. The van der Waals surface area contributed by atoms with Crippen LogP contribution >= 0.6 is 0 Å². The van der Waals surface area contributed by atoms with Gasteiger partial charge in [-0.25, -0.2) is 0 Å². The maximum absolute atomic E-state index is 8.91. The Labute approximate surface area is 67.6 Å². The first-order chi connectivity index (χ1) is 5.23. The smallest absolute Gasteiger partial charge is 0.0687 e. The zero-order valence-electron chi connectivity index (χ0n) is 6.93. The van der Waals surface area contributed by atoms with Crippen LogP contribution in [0.2, 0.25) is 0 Å². The molecule has 3 atom stereocenters. The van der Waals surface area contributed by atoms with Crippen molar-refractivity contribution in [1.82, 2.24) is 5.32 Å². The molecular weight excluding hydrogens is 136 g/mol. The number of hydrogen-bond acceptors (Lipinski definition) is 2. The first kappa shape index (κ1) is 7.12. The normalized spacial score (nSPS) is 48.7. The highest BCUT2D eigenvalue weighted by molar-refractivity contribution is 5.06. The Bertz CT molecular complexity index is 192. The predicted octanol–water partition coefficient (Wildman–Crippen LogP) is 1.15. The van der Waals surface area contributed by atoms with Crippen LogP contribution in [0.25, 0.3) is 0 Å². The zero-order valence-corrected chi connectivity index (χ0v) is 6.93. The van der Waals surface area contributed by atoms with E-state index < -0.39 is 0 Å². The summed E-state index contributed by atoms with van der Waals surface area (Å²) in [4.78, 5) is 0. The Kier molecular flexibility index (Phi) is 1.43. The fraction of sp³-hybridized carbons (Fsp3) is 0.889. The summed E-state index contributed by atoms with van der Waals surface area (Å²) < 4.78 is 0. The van der Waals surface area contributed by atoms with Crippen LogP contribution in [0.1, 0.15) is 19.8 Å². The molecule has 1 saturated carbocycles. The van der Waals surface area contributed by atoms with E-state index in [9.17, 15) is 0 Å². The Morgan fingerprint density at radius 2 is 1.91 bits per heavy atom. The van der Waals surface area contributed by atoms with E-state index >= 15 is 0 Å². The first-order valence-corrected chi connectivity index (χ1v) is 4.35. The molecule has 0 aromatic heterocycles. The van der Waals surface area contributed by atoms with Crippen molar-refractivity contribution < 1.29 is 0 Å². The molecule has 0 unspecified atom stereocenters. The van der Waals surface area contributed by atoms with Crippen LogP contribution in [0.3, 0.4) is 0 Å². The lowest BCUT2D eigenvalue weighted by Gasteiger charge is -2.13. The quantitative estimate of drug-likeness (QED) is 0.562. The second kappa shape index (κ2) is 2.22. The van der Waals surface area contributed by atoms with Crippen LogP contribution in [0.5, 0.6) is 0 Å². The van der Waals surface area contributed by atoms with E-state index in [1.165, 1.54) is 0 Å². The van der Waals surface area contributed by atoms with Gasteiger partial charge in [0, 0.05) is 0 Å². The van der Waals surface area contributed by atoms with Gasteiger partial charge in [-0.3, -0.25) is 0 Å². The van der Waals surface area contributed by atoms with Crippen LogP contribution in [-0.2, 0) is 0 Å². The highest BCUT2D eigenvalue weighted by Crippen LogP contribution is 2.46. The van der Waals surface area contributed by atoms with Gasteiger partial charge in [0.25, 0.3) is 0 Å². The van der Waals surface area contributed by atoms with Gasteiger partial charge in [-0.05, 0) is 44.7 Å². The average molecular weight is 150 g/mol. The molecule has 2 aliphatic rings. The molecule has 1 heterocycles. The first-order valence-electron chi connectivity index (χ1n) is 4.35. The largest absolute Gasteiger partial charge is 0.316 e. The summed E-state index contributed by atoms with van der Waals surface area (Å²) in [6.07, 6.45) is 2.22. The Morgan fingerprint density at radius 3 is 2.36 bits per heavy atom. The lowest BCUT2D eigenvalue weighted by molar-refractivity contribution is 0.417. The van der Waals surface area contributed by atoms with Crippen LogP contribution < -0.4 is 5.32 Å². The van der Waals surface area contributed by atoms with Crippen LogP contribution in [0.4, 0.5) is 0 Å². The molecule has 0 amide bonds. The van der Waals surface area contributed by atoms with Crippen molar-refractivity contribution in [2.75, 3.05) is 13.1 Å². The van der Waals surface area contributed by atoms with Crippen LogP contribution in [-0.4, -0.2) is 13.1 Å². The van der Waals surface area contributed by atoms with Crippen molar-refractivity contribution in [3.63, 3.8) is 0 Å². The summed E-state index contributed by atoms with van der Waals surface area (Å²) in [6, 6.07) is 2.44. The summed E-state index contributed by atoms with van der Waals surface area (Å²) in [5.74, 6) is 1.58. The summed E-state index contributed by atoms with van der Waals surface area (Å²) in [6.45, 7) is 4.38. The highest BCUT2D eigenvalue weighted by atomic mass is 14.9. The van der Waals surface area contributed by atoms with Gasteiger partial charge in [-0.1, -0.05) is 0 Å². The third-order valence-electron chi connectivity index (χ3n) is 3.18. The molecule has 0 bridgehead atoms. The molecule has 2 rings (SSSR count). The van der Waals surface area contributed by atoms with Gasteiger partial charge in [-0.2, -0.15) is 5.26 Å². The fourth-order valence-corrected chi connectivity index (χ4v) is 2.60. The number of hydrogen-bond donors (Lipinski definition) is 1. The number of nitrogens with zero attached hydrogens (tertiary/aromatic N) is 1. The van der Waals surface area contributed by atoms with E-state index in [1.807, 2.05) is 0 Å². The van der Waals surface area contributed by atoms with Gasteiger partial charge < -0.3 is 5.32 Å². The van der Waals surface area contributed by atoms with Gasteiger partial charge in [0.2, 0.25) is 0 Å². The molecule has 2 heteroatoms. The van der Waals surface area contributed by atoms with Crippen molar-refractivity contribution in [2.24, 2.45) is 17.3 Å². The molecule has 1 aliphatic carbocycles. The highest BCUT2D eigenvalue weighted by Gasteiger charge is 2.44. The van der Waals surface area contributed by atoms with E-state index in [2.05, 4.69) is 18.3 Å². The molecule has 1 saturated heterocycles. The summed E-state index contributed by atoms with van der Waals surface area (Å²) in [7, 11) is 0. The lowest BCUT2D eigenvalue weighted by Crippen LogP contribution is -2.16. The second-order valence-corrected chi connectivity index (χ2v) is 4.26. The van der Waals surface area contributed by atoms with Gasteiger partial charge in [0.15, 0.2) is 0 Å². The fourth-order valence-electron chi connectivity index (χ4n) is 2.60. The Morgan fingerprint density at radius 1 is 1.36 bits per heavy atom. The molecule has 2 fully saturated rings. The topological polar surface area (TPSA) is 35.8 Å². The van der Waals surface area contributed by atoms with E-state index in [4.69, 9.17) is 5.26 Å². The third kappa shape index (κ3) is 1.04. The molecule has 2 nitrogen and oxygen atoms in total. The van der Waals surface area contributed by atoms with Gasteiger partial charge in [0.05, 0.1) is 11.5 Å². The van der Waals surface area contributed by atoms with Crippen LogP contribution in [0.15, 0.2) is 0 Å². The van der Waals surface area contributed by atoms with Crippen molar-refractivity contribution in [3.8, 4) is 6.07 Å². The molecule has 60 valence electrons. The van der Waals surface area contributed by atoms with Crippen molar-refractivity contribution in [1.29, 1.82) is 5.26 Å². The molecule has 1 N–H and O–H groups in total. The van der Waals surface area contributed by atoms with E-state index in [0.29, 0.717) is 0 Å². The standard InChI is InChI=1S/C9H14N2/c1-9(6-10)2-7-4-11-5-8(7)3-9/h7-8,11H,2-5H2,1H3/t7-,8+,9-. The molecule has 0 aromatic rings. The van der Waals surface area contributed by atoms with E-state index in [0.717, 1.165) is 37.8 Å². The summed E-state index contributed by atoms with van der Waals surface area (Å²) >= 11 is 0. The van der Waals surface area contributed by atoms with E-state index in [-0.39, 0.29) is 5.41 Å². The maximum atomic E-state index is 8.91. The SMILES string of the molecule is C[C@]1(C#N)C[C@H]2CNC[C@H]2C1. The predicted molar refractivity (Wildman–Crippen MR) is 42.8 cm³/mol. The minimum atomic E-state index is -0.00255. The molecular formula is C9H14N2. The molecule has 0 spiro atoms. The second-order valence-electron chi connectivity index (χ2n) is 4.26. The van der Waals surface area contributed by atoms with Crippen molar-refractivity contribution in [2.45, 2.75) is 19.8 Å². The van der Waals surface area contributed by atoms with Crippen molar-refractivity contribution in [3.05, 3.63) is 0 Å². The number of nitrogens with one attached hydrogen (secondary N) is 1. The average Bonchev–Trinajstić information content (AvgIpc) is 2.46. The summed E-state index contributed by atoms with van der Waals surface area (Å²) in [5, 5.41) is 12.3. The van der Waals surface area contributed by atoms with Gasteiger partial charge in [0.1, 0.15) is 0 Å². The van der Waals surface area contributed by atoms with Crippen molar-refractivity contribution >= 4 is 0 Å². The van der Waals surface area contributed by atoms with Gasteiger partial charge >= 0.3 is 0 Å². The molecule has 11 heavy (non-hydrogen) atoms. The molecule has 0 radical (unpaired) electrons. The Balaban J connectivity index is 2.11. The maximum Gasteiger partial charge on any atom is 0.0687 e. The monoisotopic (exact) mass is 150 g/mol. The minimum absolute atomic E-state index is 0.00255. The third-order valence-corrected chi connectivity index (χ3v) is 3.18. The van der Waals surface area contributed by atoms with E-state index in [1.54, 1.807) is 0 Å².